The van der Waals surface area contributed by atoms with Crippen molar-refractivity contribution in [2.24, 2.45) is 0 Å². The molecule has 0 N–H and O–H groups in total. The van der Waals surface area contributed by atoms with Gasteiger partial charge in [-0.3, -0.25) is 4.79 Å². The molecule has 0 saturated heterocycles. The lowest BCUT2D eigenvalue weighted by atomic mass is 9.95. The lowest BCUT2D eigenvalue weighted by Gasteiger charge is -2.16. The number of carbonyl (C=O) groups excluding carboxylic acids is 1. The average Bonchev–Trinajstić information content (AvgIpc) is 2.27. The highest BCUT2D eigenvalue weighted by Gasteiger charge is 2.17. The summed E-state index contributed by atoms with van der Waals surface area (Å²) in [6, 6.07) is 3.72. The van der Waals surface area contributed by atoms with Crippen LogP contribution in [0, 0.1) is 0 Å². The molecule has 0 fully saturated rings. The van der Waals surface area contributed by atoms with E-state index in [9.17, 15) is 4.79 Å². The lowest BCUT2D eigenvalue weighted by Crippen LogP contribution is -2.07. The van der Waals surface area contributed by atoms with Crippen molar-refractivity contribution in [3.8, 4) is 11.5 Å². The van der Waals surface area contributed by atoms with Crippen LogP contribution in [0.1, 0.15) is 11.1 Å². The number of ketones is 1. The largest absolute Gasteiger partial charge is 0.493 e. The van der Waals surface area contributed by atoms with E-state index >= 15 is 0 Å². The minimum Gasteiger partial charge on any atom is -0.493 e. The van der Waals surface area contributed by atoms with Gasteiger partial charge in [0.05, 0.1) is 14.2 Å². The van der Waals surface area contributed by atoms with Gasteiger partial charge in [0.25, 0.3) is 0 Å². The number of methoxy groups -OCH3 is 2. The predicted octanol–water partition coefficient (Wildman–Crippen LogP) is 1.84. The highest BCUT2D eigenvalue weighted by atomic mass is 16.5. The number of carbonyl (C=O) groups is 1. The number of fused-ring (bicyclic) bond motifs is 1. The Labute approximate surface area is 88.3 Å². The van der Waals surface area contributed by atoms with Gasteiger partial charge < -0.3 is 9.47 Å². The summed E-state index contributed by atoms with van der Waals surface area (Å²) in [6.07, 6.45) is 3.79. The molecule has 0 bridgehead atoms. The molecule has 0 atom stereocenters. The van der Waals surface area contributed by atoms with Gasteiger partial charge in [0, 0.05) is 12.0 Å². The first-order chi connectivity index (χ1) is 7.26. The summed E-state index contributed by atoms with van der Waals surface area (Å²) < 4.78 is 10.5. The maximum Gasteiger partial charge on any atom is 0.168 e. The fourth-order valence-electron chi connectivity index (χ4n) is 1.75. The molecule has 1 aromatic rings. The summed E-state index contributed by atoms with van der Waals surface area (Å²) in [5.41, 5.74) is 1.93. The highest BCUT2D eigenvalue weighted by Crippen LogP contribution is 2.36. The zero-order chi connectivity index (χ0) is 10.8. The first kappa shape index (κ1) is 9.77. The van der Waals surface area contributed by atoms with Gasteiger partial charge in [0.15, 0.2) is 17.3 Å². The molecule has 0 aromatic heterocycles. The van der Waals surface area contributed by atoms with Gasteiger partial charge in [-0.1, -0.05) is 6.07 Å². The second-order valence-electron chi connectivity index (χ2n) is 3.35. The van der Waals surface area contributed by atoms with Crippen LogP contribution in [0.5, 0.6) is 11.5 Å². The molecule has 0 aliphatic heterocycles. The molecular weight excluding hydrogens is 192 g/mol. The van der Waals surface area contributed by atoms with Gasteiger partial charge in [-0.25, -0.2) is 0 Å². The van der Waals surface area contributed by atoms with Gasteiger partial charge >= 0.3 is 0 Å². The van der Waals surface area contributed by atoms with Crippen LogP contribution in [0.15, 0.2) is 18.2 Å². The SMILES string of the molecule is COc1ccc2c(c1OC)C=CC(=O)C2. The molecule has 0 heterocycles. The minimum absolute atomic E-state index is 0.120. The van der Waals surface area contributed by atoms with Crippen molar-refractivity contribution in [1.29, 1.82) is 0 Å². The summed E-state index contributed by atoms with van der Waals surface area (Å²) in [4.78, 5) is 11.2. The summed E-state index contributed by atoms with van der Waals surface area (Å²) in [7, 11) is 3.20. The average molecular weight is 204 g/mol. The minimum atomic E-state index is 0.120. The second-order valence-corrected chi connectivity index (χ2v) is 3.35. The number of hydrogen-bond donors (Lipinski definition) is 0. The molecular formula is C12H12O3. The van der Waals surface area contributed by atoms with Crippen molar-refractivity contribution in [1.82, 2.24) is 0 Å². The maximum atomic E-state index is 11.2. The Morgan fingerprint density at radius 2 is 1.93 bits per heavy atom. The van der Waals surface area contributed by atoms with E-state index in [0.29, 0.717) is 17.9 Å². The van der Waals surface area contributed by atoms with Gasteiger partial charge in [0.1, 0.15) is 0 Å². The second kappa shape index (κ2) is 3.77. The number of allylic oxidation sites excluding steroid dienone is 1. The molecule has 1 aliphatic rings. The molecule has 78 valence electrons. The van der Waals surface area contributed by atoms with Crippen LogP contribution in [0.3, 0.4) is 0 Å². The van der Waals surface area contributed by atoms with Crippen LogP contribution in [0.4, 0.5) is 0 Å². The Bertz CT molecular complexity index is 433. The molecule has 3 nitrogen and oxygen atoms in total. The fourth-order valence-corrected chi connectivity index (χ4v) is 1.75. The summed E-state index contributed by atoms with van der Waals surface area (Å²) in [5, 5.41) is 0. The first-order valence-corrected chi connectivity index (χ1v) is 4.71. The van der Waals surface area contributed by atoms with Gasteiger partial charge in [-0.2, -0.15) is 0 Å². The summed E-state index contributed by atoms with van der Waals surface area (Å²) >= 11 is 0. The number of ether oxygens (including phenoxy) is 2. The molecule has 1 aromatic carbocycles. The molecule has 0 radical (unpaired) electrons. The Hall–Kier alpha value is -1.77. The lowest BCUT2D eigenvalue weighted by molar-refractivity contribution is -0.114. The van der Waals surface area contributed by atoms with Crippen molar-refractivity contribution < 1.29 is 14.3 Å². The third kappa shape index (κ3) is 1.61. The standard InChI is InChI=1S/C12H12O3/c1-14-11-6-3-8-7-9(13)4-5-10(8)12(11)15-2/h3-6H,7H2,1-2H3. The van der Waals surface area contributed by atoms with E-state index in [1.54, 1.807) is 26.4 Å². The van der Waals surface area contributed by atoms with E-state index in [4.69, 9.17) is 9.47 Å². The molecule has 1 aliphatic carbocycles. The third-order valence-electron chi connectivity index (χ3n) is 2.47. The van der Waals surface area contributed by atoms with E-state index in [1.165, 1.54) is 0 Å². The van der Waals surface area contributed by atoms with Crippen LogP contribution < -0.4 is 9.47 Å². The number of rotatable bonds is 2. The van der Waals surface area contributed by atoms with Crippen LogP contribution in [-0.2, 0) is 11.2 Å². The highest BCUT2D eigenvalue weighted by molar-refractivity contribution is 5.99. The van der Waals surface area contributed by atoms with Crippen molar-refractivity contribution >= 4 is 11.9 Å². The summed E-state index contributed by atoms with van der Waals surface area (Å²) in [6.45, 7) is 0. The topological polar surface area (TPSA) is 35.5 Å². The molecule has 15 heavy (non-hydrogen) atoms. The molecule has 3 heteroatoms. The monoisotopic (exact) mass is 204 g/mol. The van der Waals surface area contributed by atoms with Crippen LogP contribution in [-0.4, -0.2) is 20.0 Å². The Kier molecular flexibility index (Phi) is 2.46. The quantitative estimate of drug-likeness (QED) is 0.737. The summed E-state index contributed by atoms with van der Waals surface area (Å²) in [5.74, 6) is 1.50. The van der Waals surface area contributed by atoms with E-state index in [-0.39, 0.29) is 5.78 Å². The molecule has 0 unspecified atom stereocenters. The van der Waals surface area contributed by atoms with Crippen LogP contribution >= 0.6 is 0 Å². The van der Waals surface area contributed by atoms with Gasteiger partial charge in [0.2, 0.25) is 0 Å². The van der Waals surface area contributed by atoms with Gasteiger partial charge in [-0.05, 0) is 23.8 Å². The molecule has 2 rings (SSSR count). The van der Waals surface area contributed by atoms with Crippen LogP contribution in [0.2, 0.25) is 0 Å². The Balaban J connectivity index is 2.58. The van der Waals surface area contributed by atoms with E-state index in [2.05, 4.69) is 0 Å². The Morgan fingerprint density at radius 1 is 1.13 bits per heavy atom. The third-order valence-corrected chi connectivity index (χ3v) is 2.47. The van der Waals surface area contributed by atoms with Gasteiger partial charge in [-0.15, -0.1) is 0 Å². The van der Waals surface area contributed by atoms with Crippen LogP contribution in [0.25, 0.3) is 6.08 Å². The van der Waals surface area contributed by atoms with Crippen molar-refractivity contribution in [3.05, 3.63) is 29.3 Å². The molecule has 0 saturated carbocycles. The maximum absolute atomic E-state index is 11.2. The smallest absolute Gasteiger partial charge is 0.168 e. The zero-order valence-electron chi connectivity index (χ0n) is 8.74. The van der Waals surface area contributed by atoms with Crippen molar-refractivity contribution in [3.63, 3.8) is 0 Å². The predicted molar refractivity (Wildman–Crippen MR) is 57.3 cm³/mol. The number of benzene rings is 1. The first-order valence-electron chi connectivity index (χ1n) is 4.71. The van der Waals surface area contributed by atoms with E-state index in [1.807, 2.05) is 12.1 Å². The zero-order valence-corrected chi connectivity index (χ0v) is 8.74. The number of hydrogen-bond acceptors (Lipinski definition) is 3. The van der Waals surface area contributed by atoms with E-state index < -0.39 is 0 Å². The Morgan fingerprint density at radius 3 is 2.60 bits per heavy atom. The molecule has 0 amide bonds. The fraction of sp³-hybridized carbons (Fsp3) is 0.250. The molecule has 0 spiro atoms. The van der Waals surface area contributed by atoms with Crippen molar-refractivity contribution in [2.75, 3.05) is 14.2 Å². The van der Waals surface area contributed by atoms with Crippen molar-refractivity contribution in [2.45, 2.75) is 6.42 Å². The van der Waals surface area contributed by atoms with E-state index in [0.717, 1.165) is 11.1 Å². The normalized spacial score (nSPS) is 13.6.